The Morgan fingerprint density at radius 3 is 2.51 bits per heavy atom. The Balaban J connectivity index is 1.24. The third-order valence-electron chi connectivity index (χ3n) is 8.75. The Hall–Kier alpha value is -4.39. The van der Waals surface area contributed by atoms with Gasteiger partial charge in [-0.25, -0.2) is 9.48 Å². The molecule has 0 radical (unpaired) electrons. The lowest BCUT2D eigenvalue weighted by molar-refractivity contribution is -0.157. The molecule has 12 nitrogen and oxygen atoms in total. The molecule has 45 heavy (non-hydrogen) atoms. The van der Waals surface area contributed by atoms with E-state index in [1.807, 2.05) is 73.3 Å². The third kappa shape index (κ3) is 6.13. The number of nitrogens with one attached hydrogen (secondary N) is 1. The zero-order chi connectivity index (χ0) is 31.5. The fourth-order valence-electron chi connectivity index (χ4n) is 6.45. The van der Waals surface area contributed by atoms with Crippen molar-refractivity contribution < 1.29 is 24.1 Å². The first-order chi connectivity index (χ1) is 21.9. The molecule has 2 aliphatic heterocycles. The number of nitrogens with zero attached hydrogens (tertiary/aromatic N) is 4. The minimum atomic E-state index is -0.775. The van der Waals surface area contributed by atoms with Crippen molar-refractivity contribution in [3.8, 4) is 5.69 Å². The number of piperidine rings is 1. The fraction of sp³-hybridized carbons (Fsp3) is 0.424. The number of aromatic amines is 1. The molecule has 2 N–H and O–H groups in total. The van der Waals surface area contributed by atoms with E-state index in [4.69, 9.17) is 19.3 Å². The molecule has 12 heteroatoms. The summed E-state index contributed by atoms with van der Waals surface area (Å²) >= 11 is 0. The summed E-state index contributed by atoms with van der Waals surface area (Å²) in [5.41, 5.74) is 3.46. The number of hydrogen-bond donors (Lipinski definition) is 2. The maximum absolute atomic E-state index is 13.9. The van der Waals surface area contributed by atoms with E-state index in [2.05, 4.69) is 4.98 Å². The third-order valence-corrected chi connectivity index (χ3v) is 8.75. The zero-order valence-electron chi connectivity index (χ0n) is 25.6. The average Bonchev–Trinajstić information content (AvgIpc) is 3.51. The van der Waals surface area contributed by atoms with E-state index in [-0.39, 0.29) is 55.4 Å². The van der Waals surface area contributed by atoms with Crippen LogP contribution in [0.15, 0.2) is 76.0 Å². The maximum Gasteiger partial charge on any atom is 0.326 e. The second kappa shape index (κ2) is 13.3. The minimum Gasteiger partial charge on any atom is -0.459 e. The molecule has 4 aromatic rings. The predicted octanol–water partition coefficient (Wildman–Crippen LogP) is 2.73. The highest BCUT2D eigenvalue weighted by molar-refractivity contribution is 5.92. The summed E-state index contributed by atoms with van der Waals surface area (Å²) in [5.74, 6) is -0.553. The summed E-state index contributed by atoms with van der Waals surface area (Å²) in [6, 6.07) is 17.0. The number of aromatic nitrogens is 4. The first-order valence-electron chi connectivity index (χ1n) is 15.4. The molecule has 6 rings (SSSR count). The number of para-hydroxylation sites is 3. The van der Waals surface area contributed by atoms with Gasteiger partial charge >= 0.3 is 5.69 Å². The lowest BCUT2D eigenvalue weighted by Crippen LogP contribution is -2.43. The van der Waals surface area contributed by atoms with E-state index in [1.165, 1.54) is 0 Å². The van der Waals surface area contributed by atoms with Gasteiger partial charge in [-0.3, -0.25) is 18.8 Å². The first kappa shape index (κ1) is 30.6. The van der Waals surface area contributed by atoms with Crippen molar-refractivity contribution in [2.24, 2.45) is 7.05 Å². The van der Waals surface area contributed by atoms with Gasteiger partial charge in [0.2, 0.25) is 6.29 Å². The molecule has 0 saturated carbocycles. The Morgan fingerprint density at radius 1 is 1.02 bits per heavy atom. The molecule has 1 saturated heterocycles. The van der Waals surface area contributed by atoms with E-state index in [9.17, 15) is 14.4 Å². The van der Waals surface area contributed by atoms with E-state index < -0.39 is 12.2 Å². The largest absolute Gasteiger partial charge is 0.459 e. The highest BCUT2D eigenvalue weighted by Crippen LogP contribution is 2.34. The number of aliphatic hydroxyl groups is 1. The van der Waals surface area contributed by atoms with Crippen molar-refractivity contribution in [1.82, 2.24) is 23.8 Å². The van der Waals surface area contributed by atoms with Gasteiger partial charge in [0.15, 0.2) is 5.76 Å². The minimum absolute atomic E-state index is 0.0369. The topological polar surface area (TPSA) is 133 Å². The highest BCUT2D eigenvalue weighted by atomic mass is 16.7. The van der Waals surface area contributed by atoms with E-state index in [0.29, 0.717) is 37.9 Å². The van der Waals surface area contributed by atoms with Crippen LogP contribution in [0.5, 0.6) is 0 Å². The van der Waals surface area contributed by atoms with Crippen LogP contribution >= 0.6 is 0 Å². The standard InChI is InChI=1S/C33H39N5O7/c1-22-30(32(41)38(35(22)2)25-8-4-3-5-9-25)23-20-28(45-29(21-23)44-19-18-43-17-16-39)31(40)36-14-12-24(13-15-36)37-27-11-7-6-10-26(27)34-33(37)42/h3-11,20,23-24,29,39H,12-19,21H2,1-2H3,(H,34,42)/t23-,29+/m1/s1. The van der Waals surface area contributed by atoms with Crippen molar-refractivity contribution in [3.63, 3.8) is 0 Å². The zero-order valence-corrected chi connectivity index (χ0v) is 25.6. The Bertz CT molecular complexity index is 1790. The van der Waals surface area contributed by atoms with Crippen molar-refractivity contribution in [3.05, 3.63) is 98.5 Å². The van der Waals surface area contributed by atoms with E-state index in [0.717, 1.165) is 22.4 Å². The number of fused-ring (bicyclic) bond motifs is 1. The van der Waals surface area contributed by atoms with Crippen LogP contribution in [0, 0.1) is 6.92 Å². The van der Waals surface area contributed by atoms with Gasteiger partial charge in [0.25, 0.3) is 11.5 Å². The number of H-pyrrole nitrogens is 1. The number of aliphatic hydroxyl groups excluding tert-OH is 1. The van der Waals surface area contributed by atoms with Crippen LogP contribution in [-0.2, 0) is 26.1 Å². The molecule has 0 aliphatic carbocycles. The monoisotopic (exact) mass is 617 g/mol. The lowest BCUT2D eigenvalue weighted by Gasteiger charge is -2.35. The Kier molecular flexibility index (Phi) is 9.06. The van der Waals surface area contributed by atoms with Gasteiger partial charge < -0.3 is 29.2 Å². The molecular formula is C33H39N5O7. The second-order valence-electron chi connectivity index (χ2n) is 11.4. The van der Waals surface area contributed by atoms with Crippen LogP contribution in [0.4, 0.5) is 0 Å². The molecule has 0 spiro atoms. The molecular weight excluding hydrogens is 578 g/mol. The first-order valence-corrected chi connectivity index (χ1v) is 15.4. The Morgan fingerprint density at radius 2 is 1.76 bits per heavy atom. The van der Waals surface area contributed by atoms with Crippen LogP contribution in [0.25, 0.3) is 16.7 Å². The number of likely N-dealkylation sites (tertiary alicyclic amines) is 1. The summed E-state index contributed by atoms with van der Waals surface area (Å²) in [7, 11) is 1.85. The van der Waals surface area contributed by atoms with E-state index >= 15 is 0 Å². The number of imidazole rings is 1. The van der Waals surface area contributed by atoms with Gasteiger partial charge in [0.1, 0.15) is 0 Å². The number of amides is 1. The van der Waals surface area contributed by atoms with Crippen LogP contribution in [0.2, 0.25) is 0 Å². The van der Waals surface area contributed by atoms with Crippen LogP contribution < -0.4 is 11.2 Å². The lowest BCUT2D eigenvalue weighted by atomic mass is 9.92. The number of rotatable bonds is 10. The average molecular weight is 618 g/mol. The summed E-state index contributed by atoms with van der Waals surface area (Å²) in [4.78, 5) is 45.2. The predicted molar refractivity (Wildman–Crippen MR) is 167 cm³/mol. The summed E-state index contributed by atoms with van der Waals surface area (Å²) in [6.45, 7) is 3.37. The maximum atomic E-state index is 13.9. The van der Waals surface area contributed by atoms with Gasteiger partial charge in [0, 0.05) is 49.8 Å². The quantitative estimate of drug-likeness (QED) is 0.262. The SMILES string of the molecule is Cc1c([C@@H]2C=C(C(=O)N3CCC(n4c(=O)[nH]c5ccccc54)CC3)O[C@H](OCCOCCO)C2)c(=O)n(-c2ccccc2)n1C. The van der Waals surface area contributed by atoms with Crippen molar-refractivity contribution in [1.29, 1.82) is 0 Å². The molecule has 2 aliphatic rings. The number of allylic oxidation sites excluding steroid dienone is 1. The molecule has 1 fully saturated rings. The number of carbonyl (C=O) groups is 1. The van der Waals surface area contributed by atoms with Crippen LogP contribution in [-0.4, -0.2) is 80.6 Å². The van der Waals surface area contributed by atoms with Crippen molar-refractivity contribution in [2.45, 2.75) is 44.4 Å². The number of carbonyl (C=O) groups excluding carboxylic acids is 1. The molecule has 0 bridgehead atoms. The highest BCUT2D eigenvalue weighted by Gasteiger charge is 2.35. The number of ether oxygens (including phenoxy) is 3. The van der Waals surface area contributed by atoms with E-state index in [1.54, 1.807) is 20.2 Å². The van der Waals surface area contributed by atoms with Gasteiger partial charge in [-0.15, -0.1) is 0 Å². The molecule has 1 amide bonds. The Labute approximate surface area is 260 Å². The molecule has 238 valence electrons. The van der Waals surface area contributed by atoms with Gasteiger partial charge in [0.05, 0.1) is 43.1 Å². The molecule has 0 unspecified atom stereocenters. The molecule has 2 aromatic carbocycles. The summed E-state index contributed by atoms with van der Waals surface area (Å²) < 4.78 is 22.7. The molecule has 4 heterocycles. The van der Waals surface area contributed by atoms with Gasteiger partial charge in [-0.1, -0.05) is 30.3 Å². The van der Waals surface area contributed by atoms with Crippen molar-refractivity contribution >= 4 is 16.9 Å². The molecule has 2 atom stereocenters. The smallest absolute Gasteiger partial charge is 0.326 e. The molecule has 2 aromatic heterocycles. The van der Waals surface area contributed by atoms with Gasteiger partial charge in [-0.05, 0) is 50.1 Å². The summed E-state index contributed by atoms with van der Waals surface area (Å²) in [5, 5.41) is 8.99. The summed E-state index contributed by atoms with van der Waals surface area (Å²) in [6.07, 6.45) is 2.55. The number of hydrogen-bond acceptors (Lipinski definition) is 7. The van der Waals surface area contributed by atoms with Crippen LogP contribution in [0.3, 0.4) is 0 Å². The number of benzene rings is 2. The normalized spacial score (nSPS) is 19.1. The van der Waals surface area contributed by atoms with Gasteiger partial charge in [-0.2, -0.15) is 0 Å². The second-order valence-corrected chi connectivity index (χ2v) is 11.4. The fourth-order valence-corrected chi connectivity index (χ4v) is 6.45. The van der Waals surface area contributed by atoms with Crippen molar-refractivity contribution in [2.75, 3.05) is 39.5 Å². The van der Waals surface area contributed by atoms with Crippen LogP contribution in [0.1, 0.15) is 42.5 Å².